The molecule has 10 heteroatoms. The summed E-state index contributed by atoms with van der Waals surface area (Å²) in [7, 11) is -1.83. The molecule has 0 aliphatic carbocycles. The molecule has 310 valence electrons. The fraction of sp³-hybridized carbons (Fsp3) is 0.260. The predicted octanol–water partition coefficient (Wildman–Crippen LogP) is 8.60. The second kappa shape index (κ2) is 19.7. The molecule has 1 fully saturated rings. The Kier molecular flexibility index (Phi) is 14.0. The first-order valence-electron chi connectivity index (χ1n) is 20.4. The van der Waals surface area contributed by atoms with Crippen LogP contribution in [0.15, 0.2) is 163 Å². The molecule has 0 radical (unpaired) electrons. The van der Waals surface area contributed by atoms with E-state index in [0.29, 0.717) is 13.0 Å². The van der Waals surface area contributed by atoms with Crippen molar-refractivity contribution in [1.29, 1.82) is 0 Å². The minimum absolute atomic E-state index is 0.0136. The monoisotopic (exact) mass is 823 g/mol. The van der Waals surface area contributed by atoms with Crippen molar-refractivity contribution < 1.29 is 27.8 Å². The highest BCUT2D eigenvalue weighted by Gasteiger charge is 2.33. The Morgan fingerprint density at radius 2 is 1.40 bits per heavy atom. The molecule has 3 N–H and O–H groups in total. The van der Waals surface area contributed by atoms with Crippen molar-refractivity contribution in [2.24, 2.45) is 0 Å². The second-order valence-electron chi connectivity index (χ2n) is 15.6. The Morgan fingerprint density at radius 3 is 2.08 bits per heavy atom. The van der Waals surface area contributed by atoms with E-state index in [4.69, 9.17) is 9.47 Å². The Balaban J connectivity index is 1.04. The lowest BCUT2D eigenvalue weighted by Gasteiger charge is -2.39. The number of likely N-dealkylation sites (N-methyl/N-ethyl adjacent to an activating group) is 1. The number of sulfonamides is 1. The topological polar surface area (TPSA) is 117 Å². The van der Waals surface area contributed by atoms with Gasteiger partial charge in [0.15, 0.2) is 6.29 Å². The van der Waals surface area contributed by atoms with Crippen LogP contribution < -0.4 is 10.0 Å². The highest BCUT2D eigenvalue weighted by Crippen LogP contribution is 2.39. The van der Waals surface area contributed by atoms with Gasteiger partial charge in [0.25, 0.3) is 0 Å². The van der Waals surface area contributed by atoms with E-state index in [1.165, 1.54) is 5.56 Å². The first-order valence-corrected chi connectivity index (χ1v) is 21.9. The molecule has 0 unspecified atom stereocenters. The number of rotatable bonds is 16. The summed E-state index contributed by atoms with van der Waals surface area (Å²) in [5.41, 5.74) is 8.65. The maximum absolute atomic E-state index is 13.7. The molecular formula is C50H53N3O6S. The normalized spacial score (nSPS) is 17.9. The van der Waals surface area contributed by atoms with Crippen LogP contribution in [0.5, 0.6) is 0 Å². The molecule has 7 rings (SSSR count). The minimum atomic E-state index is -3.96. The number of hydrogen-bond acceptors (Lipinski definition) is 7. The molecule has 1 aliphatic heterocycles. The van der Waals surface area contributed by atoms with Crippen LogP contribution in [0.3, 0.4) is 0 Å². The van der Waals surface area contributed by atoms with E-state index < -0.39 is 28.3 Å². The highest BCUT2D eigenvalue weighted by molar-refractivity contribution is 7.89. The average molecular weight is 824 g/mol. The molecular weight excluding hydrogens is 771 g/mol. The summed E-state index contributed by atoms with van der Waals surface area (Å²) in [5, 5.41) is 12.6. The van der Waals surface area contributed by atoms with Crippen molar-refractivity contribution in [3.63, 3.8) is 0 Å². The zero-order valence-corrected chi connectivity index (χ0v) is 35.1. The Bertz CT molecular complexity index is 2410. The number of ether oxygens (including phenoxy) is 2. The fourth-order valence-corrected chi connectivity index (χ4v) is 8.71. The standard InChI is InChI=1S/C50H53N3O6S/c1-35-17-27-46(28-18-35)60(56,57)52-47(30-37-11-6-4-7-12-37)49(55)51-32-39-13-10-16-44(29-39)41-23-25-43(26-24-41)50-58-45(33-53(3)36(2)40-14-8-5-9-15-40)31-48(59-50)42-21-19-38(34-54)20-22-42/h4-29,36,45,47-48,50,52,54H,30-34H2,1-3H3,(H,51,55)/t36-,45-,47+,48+,50+/m0/s1. The number of carbonyl (C=O) groups excluding carboxylic acids is 1. The smallest absolute Gasteiger partial charge is 0.241 e. The first kappa shape index (κ1) is 42.7. The molecule has 6 aromatic rings. The maximum Gasteiger partial charge on any atom is 0.241 e. The number of benzene rings is 6. The fourth-order valence-electron chi connectivity index (χ4n) is 7.51. The van der Waals surface area contributed by atoms with E-state index in [1.54, 1.807) is 24.3 Å². The zero-order chi connectivity index (χ0) is 42.1. The summed E-state index contributed by atoms with van der Waals surface area (Å²) in [6, 6.07) is 49.6. The van der Waals surface area contributed by atoms with Crippen molar-refractivity contribution in [2.45, 2.75) is 75.3 Å². The molecule has 0 saturated carbocycles. The van der Waals surface area contributed by atoms with Gasteiger partial charge >= 0.3 is 0 Å². The largest absolute Gasteiger partial charge is 0.392 e. The average Bonchev–Trinajstić information content (AvgIpc) is 3.28. The van der Waals surface area contributed by atoms with Crippen LogP contribution in [-0.2, 0) is 43.9 Å². The van der Waals surface area contributed by atoms with E-state index in [-0.39, 0.29) is 42.7 Å². The molecule has 0 bridgehead atoms. The van der Waals surface area contributed by atoms with Gasteiger partial charge < -0.3 is 19.9 Å². The molecule has 0 aromatic heterocycles. The van der Waals surface area contributed by atoms with Gasteiger partial charge in [-0.2, -0.15) is 4.72 Å². The van der Waals surface area contributed by atoms with Gasteiger partial charge in [0.2, 0.25) is 15.9 Å². The van der Waals surface area contributed by atoms with E-state index in [1.807, 2.05) is 116 Å². The lowest BCUT2D eigenvalue weighted by Crippen LogP contribution is -2.47. The number of carbonyl (C=O) groups is 1. The van der Waals surface area contributed by atoms with Gasteiger partial charge in [0.05, 0.1) is 23.7 Å². The van der Waals surface area contributed by atoms with Gasteiger partial charge in [-0.3, -0.25) is 9.69 Å². The van der Waals surface area contributed by atoms with Crippen molar-refractivity contribution in [2.75, 3.05) is 13.6 Å². The van der Waals surface area contributed by atoms with E-state index in [0.717, 1.165) is 44.5 Å². The van der Waals surface area contributed by atoms with Gasteiger partial charge in [-0.1, -0.05) is 145 Å². The summed E-state index contributed by atoms with van der Waals surface area (Å²) in [6.07, 6.45) is 0.000392. The summed E-state index contributed by atoms with van der Waals surface area (Å²) in [4.78, 5) is 16.1. The van der Waals surface area contributed by atoms with Crippen LogP contribution in [0.1, 0.15) is 70.7 Å². The van der Waals surface area contributed by atoms with E-state index >= 15 is 0 Å². The van der Waals surface area contributed by atoms with Crippen LogP contribution >= 0.6 is 0 Å². The van der Waals surface area contributed by atoms with Crippen LogP contribution in [0.25, 0.3) is 11.1 Å². The quantitative estimate of drug-likeness (QED) is 0.0896. The first-order chi connectivity index (χ1) is 29.0. The Hall–Kier alpha value is -5.46. The van der Waals surface area contributed by atoms with Crippen LogP contribution in [0, 0.1) is 6.92 Å². The molecule has 1 amide bonds. The number of aliphatic hydroxyl groups is 1. The van der Waals surface area contributed by atoms with E-state index in [9.17, 15) is 18.3 Å². The minimum Gasteiger partial charge on any atom is -0.392 e. The second-order valence-corrected chi connectivity index (χ2v) is 17.3. The summed E-state index contributed by atoms with van der Waals surface area (Å²) in [5.74, 6) is -0.418. The van der Waals surface area contributed by atoms with Gasteiger partial charge in [0, 0.05) is 31.1 Å². The lowest BCUT2D eigenvalue weighted by molar-refractivity contribution is -0.253. The van der Waals surface area contributed by atoms with Crippen molar-refractivity contribution in [1.82, 2.24) is 14.9 Å². The number of nitrogens with one attached hydrogen (secondary N) is 2. The van der Waals surface area contributed by atoms with E-state index in [2.05, 4.69) is 53.2 Å². The van der Waals surface area contributed by atoms with Crippen molar-refractivity contribution >= 4 is 15.9 Å². The number of amides is 1. The summed E-state index contributed by atoms with van der Waals surface area (Å²) < 4.78 is 42.7. The molecule has 1 heterocycles. The molecule has 0 spiro atoms. The number of aliphatic hydroxyl groups excluding tert-OH is 1. The van der Waals surface area contributed by atoms with Gasteiger partial charge in [-0.25, -0.2) is 8.42 Å². The highest BCUT2D eigenvalue weighted by atomic mass is 32.2. The number of hydrogen-bond donors (Lipinski definition) is 3. The third-order valence-corrected chi connectivity index (χ3v) is 12.7. The van der Waals surface area contributed by atoms with Gasteiger partial charge in [0.1, 0.15) is 6.04 Å². The predicted molar refractivity (Wildman–Crippen MR) is 235 cm³/mol. The van der Waals surface area contributed by atoms with Crippen LogP contribution in [-0.4, -0.2) is 50.1 Å². The number of aryl methyl sites for hydroxylation is 1. The van der Waals surface area contributed by atoms with Gasteiger partial charge in [-0.15, -0.1) is 0 Å². The molecule has 6 aromatic carbocycles. The molecule has 9 nitrogen and oxygen atoms in total. The summed E-state index contributed by atoms with van der Waals surface area (Å²) >= 11 is 0. The molecule has 1 saturated heterocycles. The third-order valence-electron chi connectivity index (χ3n) is 11.2. The lowest BCUT2D eigenvalue weighted by atomic mass is 9.98. The number of nitrogens with zero attached hydrogens (tertiary/aromatic N) is 1. The Morgan fingerprint density at radius 1 is 0.750 bits per heavy atom. The molecule has 1 aliphatic rings. The maximum atomic E-state index is 13.7. The SMILES string of the molecule is Cc1ccc(S(=O)(=O)N[C@H](Cc2ccccc2)C(=O)NCc2cccc(-c3ccc([C@@H]4O[C@H](CN(C)[C@@H](C)c5ccccc5)C[C@H](c5ccc(CO)cc5)O4)cc3)c2)cc1. The van der Waals surface area contributed by atoms with Crippen LogP contribution in [0.2, 0.25) is 0 Å². The van der Waals surface area contributed by atoms with Crippen molar-refractivity contribution in [3.05, 3.63) is 197 Å². The summed E-state index contributed by atoms with van der Waals surface area (Å²) in [6.45, 7) is 5.01. The third kappa shape index (κ3) is 11.0. The van der Waals surface area contributed by atoms with Crippen molar-refractivity contribution in [3.8, 4) is 11.1 Å². The molecule has 5 atom stereocenters. The molecule has 60 heavy (non-hydrogen) atoms. The Labute approximate surface area is 354 Å². The van der Waals surface area contributed by atoms with Gasteiger partial charge in [-0.05, 0) is 84.5 Å². The van der Waals surface area contributed by atoms with Crippen LogP contribution in [0.4, 0.5) is 0 Å². The zero-order valence-electron chi connectivity index (χ0n) is 34.3.